The smallest absolute Gasteiger partial charge is 0.271 e. The maximum Gasteiger partial charge on any atom is 0.271 e. The van der Waals surface area contributed by atoms with Crippen molar-refractivity contribution in [2.75, 3.05) is 110 Å². The Hall–Kier alpha value is -12.0. The van der Waals surface area contributed by atoms with E-state index in [-0.39, 0.29) is 101 Å². The van der Waals surface area contributed by atoms with Crippen LogP contribution in [0.3, 0.4) is 0 Å². The van der Waals surface area contributed by atoms with Gasteiger partial charge in [0.2, 0.25) is 35.4 Å². The molecule has 606 valence electrons. The molecule has 4 aromatic heterocycles. The molecule has 8 fully saturated rings. The van der Waals surface area contributed by atoms with E-state index in [1.165, 1.54) is 0 Å². The lowest BCUT2D eigenvalue weighted by Gasteiger charge is -2.39. The summed E-state index contributed by atoms with van der Waals surface area (Å²) in [6.07, 6.45) is 22.6. The van der Waals surface area contributed by atoms with Crippen molar-refractivity contribution in [2.45, 2.75) is 133 Å². The van der Waals surface area contributed by atoms with E-state index in [0.29, 0.717) is 67.1 Å². The standard InChI is InChI=1S/C39H48N12O6.C21H30N8O2.C19H19N3O5/c1-47-21-26(18-42-47)43-35-33(34(40)53)41-19-31(45-35)50-12-2-3-25(22-50)44-36(54)24-10-13-48(14-11-24)20-23-8-15-49(16-9-23)27-4-5-28-29(17-27)39(57)51(38(28)56)30-6-7-32(52)46-37(30)55;1-28-12-14(10-25-28)9-17-19(20(22)30)24-11-18(27-17)29-8-2-3-16(13-29)26-21(31)15-4-6-23-7-5-15;23-10-11-5-7-21(8-6-11)12-1-2-13-14(9-12)19(27)22(18(13)26)15-3-4-16(24)20-17(15)25/h4-5,17-19,21,23-25,30H,2-3,6-16,20,22H2,1H3,(H2,40,53)(H,43,45)(H,44,54)(H,46,52,55);10-12,15-16,23H,2-9,13H2,1H3,(H2,22,30)(H,26,31);1-2,9-11,15H,3-8H2,(H,20,24,25). The Bertz CT molecular complexity index is 4760. The number of nitrogens with one attached hydrogen (secondary N) is 6. The number of primary amides is 2. The normalized spacial score (nSPS) is 22.0. The van der Waals surface area contributed by atoms with Gasteiger partial charge in [0.25, 0.3) is 35.4 Å². The fraction of sp³-hybridized carbons (Fsp3) is 0.506. The van der Waals surface area contributed by atoms with Gasteiger partial charge in [-0.3, -0.25) is 87.3 Å². The third-order valence-electron chi connectivity index (χ3n) is 23.4. The second-order valence-corrected chi connectivity index (χ2v) is 31.3. The van der Waals surface area contributed by atoms with Crippen LogP contribution in [0.15, 0.2) is 73.6 Å². The van der Waals surface area contributed by atoms with E-state index in [1.54, 1.807) is 77.7 Å². The first-order valence-electron chi connectivity index (χ1n) is 39.8. The SMILES string of the molecule is Cn1cc(Cc2nc(N3CCCC(NC(=O)C4CCNCC4)C3)cnc2C(N)=O)cn1.Cn1cc(Nc2nc(N3CCCC(NC(=O)C4CCN(CC5CCN(c6ccc7c(c6)C(=O)N(C6CCC(=O)NC6=O)C7=O)CC5)CC4)C3)cnc2C(N)=O)cn1.O=CC1CCN(c2ccc3c(c2)C(=O)N(C2CCC(=O)NC2=O)C3=O)CC1. The van der Waals surface area contributed by atoms with Crippen molar-refractivity contribution in [2.24, 2.45) is 49.2 Å². The Balaban J connectivity index is 0.000000158. The summed E-state index contributed by atoms with van der Waals surface area (Å²) in [5, 5.41) is 25.7. The summed E-state index contributed by atoms with van der Waals surface area (Å²) in [5.41, 5.74) is 16.3. The van der Waals surface area contributed by atoms with Crippen LogP contribution in [-0.2, 0) is 54.1 Å². The van der Waals surface area contributed by atoms with Crippen LogP contribution in [0.2, 0.25) is 0 Å². The molecule has 10 aliphatic rings. The van der Waals surface area contributed by atoms with Gasteiger partial charge in [-0.05, 0) is 164 Å². The summed E-state index contributed by atoms with van der Waals surface area (Å²) in [5.74, 6) is -2.85. The van der Waals surface area contributed by atoms with Gasteiger partial charge in [-0.1, -0.05) is 0 Å². The van der Waals surface area contributed by atoms with Gasteiger partial charge in [-0.2, -0.15) is 10.2 Å². The number of fused-ring (bicyclic) bond motifs is 2. The molecule has 0 bridgehead atoms. The molecular weight excluding hydrogens is 1480 g/mol. The van der Waals surface area contributed by atoms with E-state index in [0.717, 1.165) is 169 Å². The lowest BCUT2D eigenvalue weighted by atomic mass is 9.91. The molecule has 10 N–H and O–H groups in total. The highest BCUT2D eigenvalue weighted by molar-refractivity contribution is 6.25. The summed E-state index contributed by atoms with van der Waals surface area (Å²) >= 11 is 0. The molecule has 8 saturated heterocycles. The number of aryl methyl sites for hydroxylation is 2. The van der Waals surface area contributed by atoms with Crippen molar-refractivity contribution >= 4 is 112 Å². The molecule has 4 atom stereocenters. The van der Waals surface area contributed by atoms with E-state index >= 15 is 0 Å². The monoisotopic (exact) mass is 1580 g/mol. The van der Waals surface area contributed by atoms with E-state index in [2.05, 4.69) is 81.5 Å². The number of hydrogen-bond donors (Lipinski definition) is 8. The van der Waals surface area contributed by atoms with Gasteiger partial charge in [-0.25, -0.2) is 19.9 Å². The maximum absolute atomic E-state index is 13.5. The number of amides is 12. The average molecular weight is 1580 g/mol. The maximum atomic E-state index is 13.5. The van der Waals surface area contributed by atoms with Crippen molar-refractivity contribution in [1.82, 2.24) is 80.8 Å². The highest BCUT2D eigenvalue weighted by Crippen LogP contribution is 2.36. The molecule has 4 unspecified atom stereocenters. The number of carbonyl (C=O) groups excluding carboxylic acids is 13. The van der Waals surface area contributed by atoms with Crippen LogP contribution in [0.25, 0.3) is 0 Å². The van der Waals surface area contributed by atoms with Gasteiger partial charge in [0.1, 0.15) is 35.7 Å². The van der Waals surface area contributed by atoms with Gasteiger partial charge in [0.05, 0.1) is 58.4 Å². The van der Waals surface area contributed by atoms with E-state index in [9.17, 15) is 62.3 Å². The molecule has 115 heavy (non-hydrogen) atoms. The molecule has 2 aromatic carbocycles. The fourth-order valence-corrected chi connectivity index (χ4v) is 17.1. The second kappa shape index (κ2) is 35.2. The van der Waals surface area contributed by atoms with Crippen LogP contribution in [0, 0.1) is 23.7 Å². The highest BCUT2D eigenvalue weighted by Gasteiger charge is 2.47. The summed E-state index contributed by atoms with van der Waals surface area (Å²) < 4.78 is 3.34. The Morgan fingerprint density at radius 3 is 1.52 bits per heavy atom. The predicted octanol–water partition coefficient (Wildman–Crippen LogP) is 1.65. The van der Waals surface area contributed by atoms with Crippen molar-refractivity contribution in [3.63, 3.8) is 0 Å². The number of likely N-dealkylation sites (tertiary alicyclic amines) is 1. The van der Waals surface area contributed by atoms with Gasteiger partial charge in [-0.15, -0.1) is 0 Å². The molecule has 6 aromatic rings. The lowest BCUT2D eigenvalue weighted by molar-refractivity contribution is -0.137. The first kappa shape index (κ1) is 79.7. The minimum Gasteiger partial charge on any atom is -0.371 e. The minimum atomic E-state index is -0.981. The molecule has 0 spiro atoms. The zero-order valence-corrected chi connectivity index (χ0v) is 64.5. The molecule has 0 radical (unpaired) electrons. The van der Waals surface area contributed by atoms with Gasteiger partial charge in [0.15, 0.2) is 11.5 Å². The number of aldehydes is 1. The first-order chi connectivity index (χ1) is 55.5. The molecule has 36 heteroatoms. The summed E-state index contributed by atoms with van der Waals surface area (Å²) in [6, 6.07) is 8.50. The zero-order valence-electron chi connectivity index (χ0n) is 64.5. The minimum absolute atomic E-state index is 0.0321. The van der Waals surface area contributed by atoms with E-state index in [1.807, 2.05) is 19.3 Å². The Morgan fingerprint density at radius 2 is 1.03 bits per heavy atom. The Labute approximate surface area is 663 Å². The average Bonchev–Trinajstić information content (AvgIpc) is 1.61. The number of piperidine rings is 8. The zero-order chi connectivity index (χ0) is 80.7. The van der Waals surface area contributed by atoms with E-state index in [4.69, 9.17) is 16.5 Å². The van der Waals surface area contributed by atoms with Gasteiger partial charge < -0.3 is 62.0 Å². The summed E-state index contributed by atoms with van der Waals surface area (Å²) in [6.45, 7) is 10.4. The number of rotatable bonds is 19. The second-order valence-electron chi connectivity index (χ2n) is 31.3. The molecular formula is C79H97N23O13. The molecule has 16 rings (SSSR count). The number of hydrogen-bond acceptors (Lipinski definition) is 26. The summed E-state index contributed by atoms with van der Waals surface area (Å²) in [7, 11) is 3.63. The van der Waals surface area contributed by atoms with Crippen molar-refractivity contribution in [1.29, 1.82) is 0 Å². The molecule has 14 heterocycles. The molecule has 10 aliphatic heterocycles. The van der Waals surface area contributed by atoms with Gasteiger partial charge in [0, 0.05) is 146 Å². The van der Waals surface area contributed by atoms with Crippen LogP contribution in [0.1, 0.15) is 176 Å². The van der Waals surface area contributed by atoms with Crippen LogP contribution >= 0.6 is 0 Å². The molecule has 36 nitrogen and oxygen atoms in total. The van der Waals surface area contributed by atoms with Crippen molar-refractivity contribution in [3.05, 3.63) is 118 Å². The van der Waals surface area contributed by atoms with Crippen LogP contribution in [-0.4, -0.2) is 241 Å². The lowest BCUT2D eigenvalue weighted by Crippen LogP contribution is -2.54. The van der Waals surface area contributed by atoms with Crippen molar-refractivity contribution in [3.8, 4) is 0 Å². The number of nitrogens with two attached hydrogens (primary N) is 2. The molecule has 0 saturated carbocycles. The number of anilines is 6. The Morgan fingerprint density at radius 1 is 0.530 bits per heavy atom. The van der Waals surface area contributed by atoms with Crippen LogP contribution in [0.4, 0.5) is 34.5 Å². The number of nitrogens with zero attached hydrogens (tertiary/aromatic N) is 15. The topological polar surface area (TPSA) is 456 Å². The van der Waals surface area contributed by atoms with Crippen LogP contribution < -0.4 is 63.0 Å². The number of imide groups is 4. The third-order valence-corrected chi connectivity index (χ3v) is 23.4. The largest absolute Gasteiger partial charge is 0.371 e. The predicted molar refractivity (Wildman–Crippen MR) is 417 cm³/mol. The Kier molecular flexibility index (Phi) is 24.4. The quantitative estimate of drug-likeness (QED) is 0.0422. The first-order valence-corrected chi connectivity index (χ1v) is 39.8. The third kappa shape index (κ3) is 18.3. The van der Waals surface area contributed by atoms with Crippen LogP contribution in [0.5, 0.6) is 0 Å². The van der Waals surface area contributed by atoms with Gasteiger partial charge >= 0.3 is 0 Å². The molecule has 0 aliphatic carbocycles. The van der Waals surface area contributed by atoms with Crippen molar-refractivity contribution < 1.29 is 62.3 Å². The highest BCUT2D eigenvalue weighted by atomic mass is 16.2. The number of carbonyl (C=O) groups is 13. The van der Waals surface area contributed by atoms with E-state index < -0.39 is 71.2 Å². The number of aromatic nitrogens is 8. The fourth-order valence-electron chi connectivity index (χ4n) is 17.1. The number of benzene rings is 2. The molecule has 12 amide bonds. The summed E-state index contributed by atoms with van der Waals surface area (Å²) in [4.78, 5) is 191.